The summed E-state index contributed by atoms with van der Waals surface area (Å²) in [4.78, 5) is 8.29. The van der Waals surface area contributed by atoms with Crippen molar-refractivity contribution >= 4 is 5.82 Å². The summed E-state index contributed by atoms with van der Waals surface area (Å²) in [6.07, 6.45) is 3.12. The van der Waals surface area contributed by atoms with Crippen LogP contribution in [0.1, 0.15) is 18.9 Å². The van der Waals surface area contributed by atoms with Gasteiger partial charge in [-0.05, 0) is 18.6 Å². The number of nitrogens with one attached hydrogen (secondary N) is 1. The number of methoxy groups -OCH3 is 1. The first-order chi connectivity index (χ1) is 9.80. The fourth-order valence-electron chi connectivity index (χ4n) is 1.89. The van der Waals surface area contributed by atoms with Gasteiger partial charge in [0, 0.05) is 0 Å². The standard InChI is InChI=1S/C14H18N4O2/c1-3-6-10-13(18-15)16-9-17-14(10)20-12-8-5-4-7-11(12)19-2/h4-5,7-9H,3,6,15H2,1-2H3,(H,16,17,18). The van der Waals surface area contributed by atoms with Crippen molar-refractivity contribution in [1.82, 2.24) is 9.97 Å². The highest BCUT2D eigenvalue weighted by Crippen LogP contribution is 2.33. The molecule has 1 aromatic heterocycles. The van der Waals surface area contributed by atoms with Gasteiger partial charge < -0.3 is 14.9 Å². The molecule has 0 aliphatic rings. The summed E-state index contributed by atoms with van der Waals surface area (Å²) in [7, 11) is 1.60. The molecule has 0 spiro atoms. The maximum atomic E-state index is 5.85. The Morgan fingerprint density at radius 1 is 1.20 bits per heavy atom. The Morgan fingerprint density at radius 2 is 1.95 bits per heavy atom. The van der Waals surface area contributed by atoms with Gasteiger partial charge in [-0.25, -0.2) is 15.8 Å². The number of hydrazine groups is 1. The van der Waals surface area contributed by atoms with Gasteiger partial charge in [0.25, 0.3) is 0 Å². The van der Waals surface area contributed by atoms with Gasteiger partial charge in [0.15, 0.2) is 11.5 Å². The molecule has 0 atom stereocenters. The third-order valence-corrected chi connectivity index (χ3v) is 2.82. The van der Waals surface area contributed by atoms with Crippen LogP contribution in [0, 0.1) is 0 Å². The molecular weight excluding hydrogens is 256 g/mol. The molecule has 3 N–H and O–H groups in total. The van der Waals surface area contributed by atoms with Gasteiger partial charge in [-0.3, -0.25) is 0 Å². The number of hydrogen-bond donors (Lipinski definition) is 2. The van der Waals surface area contributed by atoms with Crippen LogP contribution < -0.4 is 20.7 Å². The van der Waals surface area contributed by atoms with E-state index in [2.05, 4.69) is 22.3 Å². The third kappa shape index (κ3) is 2.97. The van der Waals surface area contributed by atoms with Gasteiger partial charge in [-0.15, -0.1) is 0 Å². The minimum atomic E-state index is 0.485. The lowest BCUT2D eigenvalue weighted by Gasteiger charge is -2.14. The summed E-state index contributed by atoms with van der Waals surface area (Å²) in [5.41, 5.74) is 3.42. The van der Waals surface area contributed by atoms with Crippen LogP contribution in [0.5, 0.6) is 17.4 Å². The van der Waals surface area contributed by atoms with Gasteiger partial charge in [0.1, 0.15) is 12.1 Å². The molecule has 0 radical (unpaired) electrons. The molecule has 0 saturated heterocycles. The number of nitrogen functional groups attached to an aromatic ring is 1. The first-order valence-electron chi connectivity index (χ1n) is 6.41. The highest BCUT2D eigenvalue weighted by Gasteiger charge is 2.14. The lowest BCUT2D eigenvalue weighted by Crippen LogP contribution is -2.12. The summed E-state index contributed by atoms with van der Waals surface area (Å²) in [5.74, 6) is 7.79. The van der Waals surface area contributed by atoms with Crippen LogP contribution in [-0.4, -0.2) is 17.1 Å². The highest BCUT2D eigenvalue weighted by atomic mass is 16.5. The molecule has 2 rings (SSSR count). The van der Waals surface area contributed by atoms with Crippen molar-refractivity contribution in [2.45, 2.75) is 19.8 Å². The Hall–Kier alpha value is -2.34. The predicted molar refractivity (Wildman–Crippen MR) is 76.9 cm³/mol. The fourth-order valence-corrected chi connectivity index (χ4v) is 1.89. The molecule has 0 aliphatic carbocycles. The van der Waals surface area contributed by atoms with Crippen LogP contribution in [0.25, 0.3) is 0 Å². The van der Waals surface area contributed by atoms with Gasteiger partial charge in [-0.2, -0.15) is 0 Å². The van der Waals surface area contributed by atoms with Crippen LogP contribution in [0.3, 0.4) is 0 Å². The Balaban J connectivity index is 2.37. The second kappa shape index (κ2) is 6.72. The van der Waals surface area contributed by atoms with Crippen molar-refractivity contribution in [3.63, 3.8) is 0 Å². The summed E-state index contributed by atoms with van der Waals surface area (Å²) >= 11 is 0. The Bertz CT molecular complexity index is 575. The zero-order chi connectivity index (χ0) is 14.4. The van der Waals surface area contributed by atoms with Crippen molar-refractivity contribution < 1.29 is 9.47 Å². The van der Waals surface area contributed by atoms with E-state index in [1.54, 1.807) is 7.11 Å². The normalized spacial score (nSPS) is 10.2. The van der Waals surface area contributed by atoms with Crippen molar-refractivity contribution in [3.8, 4) is 17.4 Å². The number of benzene rings is 1. The monoisotopic (exact) mass is 274 g/mol. The molecule has 6 heteroatoms. The Morgan fingerprint density at radius 3 is 2.60 bits per heavy atom. The molecule has 20 heavy (non-hydrogen) atoms. The molecule has 0 fully saturated rings. The van der Waals surface area contributed by atoms with Crippen LogP contribution in [0.2, 0.25) is 0 Å². The van der Waals surface area contributed by atoms with E-state index in [-0.39, 0.29) is 0 Å². The number of rotatable bonds is 6. The number of nitrogens with zero attached hydrogens (tertiary/aromatic N) is 2. The second-order valence-electron chi connectivity index (χ2n) is 4.15. The number of aromatic nitrogens is 2. The van der Waals surface area contributed by atoms with E-state index in [0.717, 1.165) is 18.4 Å². The molecule has 1 aromatic carbocycles. The lowest BCUT2D eigenvalue weighted by molar-refractivity contribution is 0.372. The van der Waals surface area contributed by atoms with Gasteiger partial charge in [0.05, 0.1) is 12.7 Å². The van der Waals surface area contributed by atoms with Crippen molar-refractivity contribution in [2.24, 2.45) is 5.84 Å². The van der Waals surface area contributed by atoms with E-state index in [1.807, 2.05) is 24.3 Å². The molecule has 0 saturated carbocycles. The van der Waals surface area contributed by atoms with Crippen molar-refractivity contribution in [1.29, 1.82) is 0 Å². The molecule has 0 aliphatic heterocycles. The molecule has 106 valence electrons. The fraction of sp³-hybridized carbons (Fsp3) is 0.286. The van der Waals surface area contributed by atoms with Gasteiger partial charge in [-0.1, -0.05) is 25.5 Å². The van der Waals surface area contributed by atoms with Crippen LogP contribution in [0.15, 0.2) is 30.6 Å². The van der Waals surface area contributed by atoms with E-state index in [9.17, 15) is 0 Å². The summed E-state index contributed by atoms with van der Waals surface area (Å²) in [6, 6.07) is 7.41. The van der Waals surface area contributed by atoms with Crippen LogP contribution >= 0.6 is 0 Å². The zero-order valence-corrected chi connectivity index (χ0v) is 11.6. The molecule has 6 nitrogen and oxygen atoms in total. The quantitative estimate of drug-likeness (QED) is 0.622. The van der Waals surface area contributed by atoms with Crippen LogP contribution in [-0.2, 0) is 6.42 Å². The smallest absolute Gasteiger partial charge is 0.227 e. The zero-order valence-electron chi connectivity index (χ0n) is 11.6. The average molecular weight is 274 g/mol. The SMILES string of the molecule is CCCc1c(NN)ncnc1Oc1ccccc1OC. The van der Waals surface area contributed by atoms with Crippen LogP contribution in [0.4, 0.5) is 5.82 Å². The maximum absolute atomic E-state index is 5.85. The van der Waals surface area contributed by atoms with Gasteiger partial charge in [0.2, 0.25) is 5.88 Å². The van der Waals surface area contributed by atoms with Crippen molar-refractivity contribution in [2.75, 3.05) is 12.5 Å². The van der Waals surface area contributed by atoms with E-state index in [4.69, 9.17) is 15.3 Å². The molecule has 0 unspecified atom stereocenters. The summed E-state index contributed by atoms with van der Waals surface area (Å²) < 4.78 is 11.1. The van der Waals surface area contributed by atoms with E-state index in [0.29, 0.717) is 23.2 Å². The molecular formula is C14H18N4O2. The third-order valence-electron chi connectivity index (χ3n) is 2.82. The molecule has 2 aromatic rings. The lowest BCUT2D eigenvalue weighted by atomic mass is 10.2. The van der Waals surface area contributed by atoms with Crippen molar-refractivity contribution in [3.05, 3.63) is 36.2 Å². The number of anilines is 1. The number of para-hydroxylation sites is 2. The maximum Gasteiger partial charge on any atom is 0.227 e. The minimum Gasteiger partial charge on any atom is -0.493 e. The summed E-state index contributed by atoms with van der Waals surface area (Å²) in [5, 5.41) is 0. The second-order valence-corrected chi connectivity index (χ2v) is 4.15. The van der Waals surface area contributed by atoms with E-state index >= 15 is 0 Å². The number of nitrogens with two attached hydrogens (primary N) is 1. The average Bonchev–Trinajstić information content (AvgIpc) is 2.49. The first-order valence-corrected chi connectivity index (χ1v) is 6.41. The molecule has 1 heterocycles. The Labute approximate surface area is 117 Å². The highest BCUT2D eigenvalue weighted by molar-refractivity contribution is 5.50. The predicted octanol–water partition coefficient (Wildman–Crippen LogP) is 2.52. The topological polar surface area (TPSA) is 82.3 Å². The summed E-state index contributed by atoms with van der Waals surface area (Å²) in [6.45, 7) is 2.07. The molecule has 0 amide bonds. The largest absolute Gasteiger partial charge is 0.493 e. The minimum absolute atomic E-state index is 0.485. The Kier molecular flexibility index (Phi) is 4.73. The molecule has 0 bridgehead atoms. The van der Waals surface area contributed by atoms with Gasteiger partial charge >= 0.3 is 0 Å². The number of hydrogen-bond acceptors (Lipinski definition) is 6. The first kappa shape index (κ1) is 14.1. The van der Waals surface area contributed by atoms with E-state index in [1.165, 1.54) is 6.33 Å². The number of ether oxygens (including phenoxy) is 2. The van der Waals surface area contributed by atoms with E-state index < -0.39 is 0 Å².